The van der Waals surface area contributed by atoms with Crippen molar-refractivity contribution in [1.82, 2.24) is 4.90 Å². The van der Waals surface area contributed by atoms with Crippen LogP contribution in [0.25, 0.3) is 5.76 Å². The Morgan fingerprint density at radius 2 is 1.87 bits per heavy atom. The van der Waals surface area contributed by atoms with Crippen LogP contribution in [0.1, 0.15) is 41.6 Å². The van der Waals surface area contributed by atoms with Crippen LogP contribution < -0.4 is 4.74 Å². The molecule has 1 amide bonds. The van der Waals surface area contributed by atoms with Crippen molar-refractivity contribution in [2.45, 2.75) is 33.2 Å². The van der Waals surface area contributed by atoms with Gasteiger partial charge in [0.05, 0.1) is 18.2 Å². The predicted molar refractivity (Wildman–Crippen MR) is 114 cm³/mol. The van der Waals surface area contributed by atoms with Crippen molar-refractivity contribution in [3.63, 3.8) is 0 Å². The summed E-state index contributed by atoms with van der Waals surface area (Å²) in [5.41, 5.74) is 3.31. The van der Waals surface area contributed by atoms with E-state index in [2.05, 4.69) is 0 Å². The minimum atomic E-state index is -0.704. The molecule has 0 saturated carbocycles. The van der Waals surface area contributed by atoms with Crippen molar-refractivity contribution in [1.29, 1.82) is 0 Å². The van der Waals surface area contributed by atoms with Gasteiger partial charge in [0.25, 0.3) is 11.7 Å². The van der Waals surface area contributed by atoms with Crippen molar-refractivity contribution < 1.29 is 24.5 Å². The van der Waals surface area contributed by atoms with Crippen LogP contribution in [-0.2, 0) is 9.59 Å². The maximum atomic E-state index is 12.9. The van der Waals surface area contributed by atoms with Gasteiger partial charge in [-0.15, -0.1) is 0 Å². The average Bonchev–Trinajstić information content (AvgIpc) is 2.99. The number of rotatable bonds is 7. The molecule has 158 valence electrons. The number of carbonyl (C=O) groups is 2. The van der Waals surface area contributed by atoms with Crippen molar-refractivity contribution in [3.05, 3.63) is 70.3 Å². The van der Waals surface area contributed by atoms with Crippen LogP contribution in [0.5, 0.6) is 5.75 Å². The van der Waals surface area contributed by atoms with Crippen molar-refractivity contribution in [3.8, 4) is 5.75 Å². The summed E-state index contributed by atoms with van der Waals surface area (Å²) in [6, 6.07) is 11.8. The fraction of sp³-hybridized carbons (Fsp3) is 0.333. The Hall–Kier alpha value is -3.12. The first-order valence-corrected chi connectivity index (χ1v) is 10.1. The topological polar surface area (TPSA) is 87.1 Å². The Kier molecular flexibility index (Phi) is 6.57. The summed E-state index contributed by atoms with van der Waals surface area (Å²) in [5, 5.41) is 20.1. The first-order chi connectivity index (χ1) is 14.4. The molecule has 2 N–H and O–H groups in total. The van der Waals surface area contributed by atoms with Gasteiger partial charge >= 0.3 is 0 Å². The molecule has 0 aromatic heterocycles. The van der Waals surface area contributed by atoms with E-state index in [0.717, 1.165) is 11.1 Å². The molecule has 1 heterocycles. The minimum absolute atomic E-state index is 0.0796. The lowest BCUT2D eigenvalue weighted by atomic mass is 9.94. The second-order valence-electron chi connectivity index (χ2n) is 7.44. The molecule has 0 bridgehead atoms. The molecule has 1 aliphatic heterocycles. The second kappa shape index (κ2) is 9.13. The number of amides is 1. The number of Topliss-reactive ketones (excluding diaryl/α,β-unsaturated/α-hetero) is 1. The van der Waals surface area contributed by atoms with E-state index in [1.165, 1.54) is 4.90 Å². The summed E-state index contributed by atoms with van der Waals surface area (Å²) in [7, 11) is 0. The minimum Gasteiger partial charge on any atom is -0.507 e. The van der Waals surface area contributed by atoms with E-state index < -0.39 is 17.7 Å². The smallest absolute Gasteiger partial charge is 0.295 e. The number of aryl methyl sites for hydroxylation is 2. The van der Waals surface area contributed by atoms with Crippen LogP contribution in [0.15, 0.2) is 48.0 Å². The Morgan fingerprint density at radius 1 is 1.10 bits per heavy atom. The van der Waals surface area contributed by atoms with Gasteiger partial charge in [-0.3, -0.25) is 9.59 Å². The second-order valence-corrected chi connectivity index (χ2v) is 7.44. The van der Waals surface area contributed by atoms with E-state index >= 15 is 0 Å². The van der Waals surface area contributed by atoms with Gasteiger partial charge < -0.3 is 19.8 Å². The largest absolute Gasteiger partial charge is 0.507 e. The van der Waals surface area contributed by atoms with Gasteiger partial charge in [0, 0.05) is 12.1 Å². The van der Waals surface area contributed by atoms with E-state index in [-0.39, 0.29) is 24.5 Å². The third-order valence-electron chi connectivity index (χ3n) is 5.32. The van der Waals surface area contributed by atoms with Crippen molar-refractivity contribution in [2.24, 2.45) is 0 Å². The fourth-order valence-corrected chi connectivity index (χ4v) is 3.68. The number of aliphatic hydroxyl groups excluding tert-OH is 2. The Bertz CT molecular complexity index is 995. The highest BCUT2D eigenvalue weighted by Gasteiger charge is 2.45. The molecule has 0 spiro atoms. The number of hydrogen-bond acceptors (Lipinski definition) is 5. The van der Waals surface area contributed by atoms with Gasteiger partial charge in [-0.05, 0) is 55.2 Å². The number of nitrogens with zero attached hydrogens (tertiary/aromatic N) is 1. The number of carbonyl (C=O) groups excluding carboxylic acids is 2. The average molecular weight is 409 g/mol. The van der Waals surface area contributed by atoms with E-state index in [0.29, 0.717) is 29.8 Å². The SMILES string of the molecule is CCCN1C(=O)C(=O)/C(=C(\O)c2ccc(C)c(C)c2)C1c1cccc(OCCO)c1. The standard InChI is InChI=1S/C24H27NO5/c1-4-10-25-21(17-6-5-7-19(14-17)30-12-11-26)20(23(28)24(25)29)22(27)18-9-8-15(2)16(3)13-18/h5-9,13-14,21,26-27H,4,10-12H2,1-3H3/b22-20-. The summed E-state index contributed by atoms with van der Waals surface area (Å²) < 4.78 is 5.50. The zero-order valence-electron chi connectivity index (χ0n) is 17.5. The molecular weight excluding hydrogens is 382 g/mol. The van der Waals surface area contributed by atoms with E-state index in [4.69, 9.17) is 9.84 Å². The van der Waals surface area contributed by atoms with Crippen LogP contribution in [-0.4, -0.2) is 46.6 Å². The molecule has 6 heteroatoms. The van der Waals surface area contributed by atoms with Crippen LogP contribution in [0.4, 0.5) is 0 Å². The maximum Gasteiger partial charge on any atom is 0.295 e. The van der Waals surface area contributed by atoms with Gasteiger partial charge in [-0.1, -0.05) is 31.2 Å². The Morgan fingerprint density at radius 3 is 2.53 bits per heavy atom. The molecule has 1 atom stereocenters. The monoisotopic (exact) mass is 409 g/mol. The van der Waals surface area contributed by atoms with Gasteiger partial charge in [0.2, 0.25) is 0 Å². The highest BCUT2D eigenvalue weighted by molar-refractivity contribution is 6.46. The summed E-state index contributed by atoms with van der Waals surface area (Å²) in [5.74, 6) is -0.962. The molecule has 1 unspecified atom stereocenters. The van der Waals surface area contributed by atoms with E-state index in [1.54, 1.807) is 30.3 Å². The van der Waals surface area contributed by atoms with Crippen molar-refractivity contribution >= 4 is 17.4 Å². The molecule has 1 saturated heterocycles. The molecule has 0 radical (unpaired) electrons. The maximum absolute atomic E-state index is 12.9. The summed E-state index contributed by atoms with van der Waals surface area (Å²) in [6.07, 6.45) is 0.675. The lowest BCUT2D eigenvalue weighted by molar-refractivity contribution is -0.139. The number of aliphatic hydroxyl groups is 2. The van der Waals surface area contributed by atoms with Crippen molar-refractivity contribution in [2.75, 3.05) is 19.8 Å². The molecule has 0 aliphatic carbocycles. The zero-order chi connectivity index (χ0) is 21.8. The van der Waals surface area contributed by atoms with E-state index in [1.807, 2.05) is 32.9 Å². The number of ether oxygens (including phenoxy) is 1. The lowest BCUT2D eigenvalue weighted by Gasteiger charge is -2.25. The van der Waals surface area contributed by atoms with E-state index in [9.17, 15) is 14.7 Å². The number of hydrogen-bond donors (Lipinski definition) is 2. The third kappa shape index (κ3) is 4.09. The molecular formula is C24H27NO5. The summed E-state index contributed by atoms with van der Waals surface area (Å²) in [6.45, 7) is 6.24. The Balaban J connectivity index is 2.15. The predicted octanol–water partition coefficient (Wildman–Crippen LogP) is 3.51. The molecule has 1 aliphatic rings. The fourth-order valence-electron chi connectivity index (χ4n) is 3.68. The normalized spacial score (nSPS) is 18.1. The van der Waals surface area contributed by atoms with Crippen LogP contribution in [0.3, 0.4) is 0 Å². The van der Waals surface area contributed by atoms with Gasteiger partial charge in [-0.2, -0.15) is 0 Å². The molecule has 3 rings (SSSR count). The number of ketones is 1. The van der Waals surface area contributed by atoms with Crippen LogP contribution in [0, 0.1) is 13.8 Å². The summed E-state index contributed by atoms with van der Waals surface area (Å²) in [4.78, 5) is 27.2. The molecule has 1 fully saturated rings. The molecule has 2 aromatic rings. The van der Waals surface area contributed by atoms with Gasteiger partial charge in [-0.25, -0.2) is 0 Å². The molecule has 2 aromatic carbocycles. The highest BCUT2D eigenvalue weighted by Crippen LogP contribution is 2.40. The van der Waals surface area contributed by atoms with Gasteiger partial charge in [0.1, 0.15) is 18.1 Å². The van der Waals surface area contributed by atoms with Crippen LogP contribution in [0.2, 0.25) is 0 Å². The molecule has 6 nitrogen and oxygen atoms in total. The third-order valence-corrected chi connectivity index (χ3v) is 5.32. The first kappa shape index (κ1) is 21.6. The first-order valence-electron chi connectivity index (χ1n) is 10.1. The lowest BCUT2D eigenvalue weighted by Crippen LogP contribution is -2.30. The van der Waals surface area contributed by atoms with Crippen LogP contribution >= 0.6 is 0 Å². The summed E-state index contributed by atoms with van der Waals surface area (Å²) >= 11 is 0. The van der Waals surface area contributed by atoms with Gasteiger partial charge in [0.15, 0.2) is 0 Å². The number of likely N-dealkylation sites (tertiary alicyclic amines) is 1. The Labute approximate surface area is 176 Å². The quantitative estimate of drug-likeness (QED) is 0.415. The zero-order valence-corrected chi connectivity index (χ0v) is 17.5. The number of benzene rings is 2. The highest BCUT2D eigenvalue weighted by atomic mass is 16.5. The molecule has 30 heavy (non-hydrogen) atoms.